The fraction of sp³-hybridized carbons (Fsp3) is 0.438. The van der Waals surface area contributed by atoms with Crippen LogP contribution < -0.4 is 10.2 Å². The summed E-state index contributed by atoms with van der Waals surface area (Å²) in [5, 5.41) is 13.1. The molecule has 112 valence electrons. The maximum absolute atomic E-state index is 12.1. The van der Waals surface area contributed by atoms with Crippen molar-refractivity contribution in [2.75, 3.05) is 29.5 Å². The highest BCUT2D eigenvalue weighted by molar-refractivity contribution is 7.99. The number of carbonyl (C=O) groups excluding carboxylic acids is 1. The molecule has 5 heteroatoms. The van der Waals surface area contributed by atoms with E-state index in [4.69, 9.17) is 0 Å². The summed E-state index contributed by atoms with van der Waals surface area (Å²) in [6.07, 6.45) is 4.85. The summed E-state index contributed by atoms with van der Waals surface area (Å²) in [4.78, 5) is 14.4. The van der Waals surface area contributed by atoms with Crippen LogP contribution in [0.2, 0.25) is 0 Å². The van der Waals surface area contributed by atoms with Crippen LogP contribution in [0.15, 0.2) is 36.4 Å². The second-order valence-electron chi connectivity index (χ2n) is 5.56. The Bertz CT molecular complexity index is 545. The van der Waals surface area contributed by atoms with Gasteiger partial charge in [-0.2, -0.15) is 11.8 Å². The molecule has 2 aliphatic rings. The molecule has 0 saturated carbocycles. The molecule has 0 spiro atoms. The Morgan fingerprint density at radius 2 is 2.19 bits per heavy atom. The Morgan fingerprint density at radius 3 is 2.90 bits per heavy atom. The van der Waals surface area contributed by atoms with Crippen molar-refractivity contribution in [3.8, 4) is 0 Å². The molecular formula is C16H20N2O2S. The number of hydrogen-bond acceptors (Lipinski definition) is 4. The highest BCUT2D eigenvalue weighted by atomic mass is 32.2. The molecule has 1 aromatic carbocycles. The Morgan fingerprint density at radius 1 is 1.38 bits per heavy atom. The molecule has 1 fully saturated rings. The summed E-state index contributed by atoms with van der Waals surface area (Å²) in [5.74, 6) is 1.10. The Balaban J connectivity index is 1.60. The van der Waals surface area contributed by atoms with Gasteiger partial charge in [0.05, 0.1) is 0 Å². The van der Waals surface area contributed by atoms with Gasteiger partial charge in [0.15, 0.2) is 5.60 Å². The zero-order valence-corrected chi connectivity index (χ0v) is 12.7. The maximum Gasteiger partial charge on any atom is 0.253 e. The fourth-order valence-electron chi connectivity index (χ4n) is 2.63. The molecule has 0 aromatic heterocycles. The minimum absolute atomic E-state index is 0.249. The van der Waals surface area contributed by atoms with Crippen LogP contribution >= 0.6 is 11.8 Å². The number of rotatable bonds is 4. The largest absolute Gasteiger partial charge is 0.379 e. The van der Waals surface area contributed by atoms with Crippen LogP contribution in [0, 0.1) is 0 Å². The molecule has 2 N–H and O–H groups in total. The highest BCUT2D eigenvalue weighted by Gasteiger charge is 2.39. The summed E-state index contributed by atoms with van der Waals surface area (Å²) in [7, 11) is 0. The van der Waals surface area contributed by atoms with E-state index in [2.05, 4.69) is 34.5 Å². The standard InChI is InChI=1S/C16H20N2O2S/c19-15(16(20)6-9-21-12-16)17-11-13-4-3-5-14(10-13)18-7-1-2-8-18/h1-5,10,20H,6-9,11-12H2,(H,17,19). The van der Waals surface area contributed by atoms with Gasteiger partial charge >= 0.3 is 0 Å². The molecule has 1 unspecified atom stereocenters. The summed E-state index contributed by atoms with van der Waals surface area (Å²) in [6, 6.07) is 8.19. The van der Waals surface area contributed by atoms with Gasteiger partial charge in [0, 0.05) is 31.1 Å². The van der Waals surface area contributed by atoms with Crippen molar-refractivity contribution < 1.29 is 9.90 Å². The number of thioether (sulfide) groups is 1. The Hall–Kier alpha value is -1.46. The molecule has 4 nitrogen and oxygen atoms in total. The van der Waals surface area contributed by atoms with Crippen LogP contribution in [-0.4, -0.2) is 41.2 Å². The van der Waals surface area contributed by atoms with E-state index in [-0.39, 0.29) is 5.91 Å². The van der Waals surface area contributed by atoms with E-state index in [1.165, 1.54) is 5.69 Å². The second kappa shape index (κ2) is 6.12. The van der Waals surface area contributed by atoms with Crippen LogP contribution in [0.25, 0.3) is 0 Å². The van der Waals surface area contributed by atoms with Crippen molar-refractivity contribution in [3.63, 3.8) is 0 Å². The van der Waals surface area contributed by atoms with E-state index in [0.717, 1.165) is 24.4 Å². The first kappa shape index (κ1) is 14.5. The molecule has 1 aromatic rings. The zero-order valence-electron chi connectivity index (χ0n) is 11.9. The number of amides is 1. The van der Waals surface area contributed by atoms with Crippen LogP contribution in [0.4, 0.5) is 5.69 Å². The minimum Gasteiger partial charge on any atom is -0.379 e. The first-order valence-corrected chi connectivity index (χ1v) is 8.40. The zero-order chi connectivity index (χ0) is 14.7. The molecule has 0 radical (unpaired) electrons. The predicted molar refractivity (Wildman–Crippen MR) is 86.5 cm³/mol. The molecule has 1 amide bonds. The molecule has 0 aliphatic carbocycles. The fourth-order valence-corrected chi connectivity index (χ4v) is 3.87. The third-order valence-electron chi connectivity index (χ3n) is 3.97. The Labute approximate surface area is 129 Å². The normalized spacial score (nSPS) is 24.5. The van der Waals surface area contributed by atoms with Gasteiger partial charge in [-0.1, -0.05) is 24.3 Å². The van der Waals surface area contributed by atoms with Gasteiger partial charge in [0.1, 0.15) is 0 Å². The quantitative estimate of drug-likeness (QED) is 0.829. The second-order valence-corrected chi connectivity index (χ2v) is 6.67. The molecule has 2 heterocycles. The van der Waals surface area contributed by atoms with Gasteiger partial charge in [-0.05, 0) is 29.9 Å². The summed E-state index contributed by atoms with van der Waals surface area (Å²) >= 11 is 1.63. The molecule has 3 rings (SSSR count). The molecule has 2 aliphatic heterocycles. The van der Waals surface area contributed by atoms with Gasteiger partial charge in [-0.3, -0.25) is 4.79 Å². The average Bonchev–Trinajstić information content (AvgIpc) is 3.17. The first-order valence-electron chi connectivity index (χ1n) is 7.25. The average molecular weight is 304 g/mol. The van der Waals surface area contributed by atoms with Gasteiger partial charge < -0.3 is 15.3 Å². The van der Waals surface area contributed by atoms with Crippen molar-refractivity contribution in [1.82, 2.24) is 5.32 Å². The van der Waals surface area contributed by atoms with Gasteiger partial charge in [0.2, 0.25) is 0 Å². The summed E-state index contributed by atoms with van der Waals surface area (Å²) in [5.41, 5.74) is 1.05. The highest BCUT2D eigenvalue weighted by Crippen LogP contribution is 2.28. The summed E-state index contributed by atoms with van der Waals surface area (Å²) in [6.45, 7) is 2.33. The van der Waals surface area contributed by atoms with E-state index in [9.17, 15) is 9.90 Å². The minimum atomic E-state index is -1.18. The van der Waals surface area contributed by atoms with Crippen LogP contribution in [-0.2, 0) is 11.3 Å². The predicted octanol–water partition coefficient (Wildman–Crippen LogP) is 1.55. The van der Waals surface area contributed by atoms with Gasteiger partial charge in [-0.15, -0.1) is 0 Å². The smallest absolute Gasteiger partial charge is 0.253 e. The van der Waals surface area contributed by atoms with E-state index in [1.807, 2.05) is 12.1 Å². The van der Waals surface area contributed by atoms with Crippen LogP contribution in [0.1, 0.15) is 12.0 Å². The van der Waals surface area contributed by atoms with Crippen molar-refractivity contribution in [1.29, 1.82) is 0 Å². The lowest BCUT2D eigenvalue weighted by molar-refractivity contribution is -0.137. The lowest BCUT2D eigenvalue weighted by Crippen LogP contribution is -2.46. The van der Waals surface area contributed by atoms with Crippen LogP contribution in [0.5, 0.6) is 0 Å². The van der Waals surface area contributed by atoms with Gasteiger partial charge in [-0.25, -0.2) is 0 Å². The van der Waals surface area contributed by atoms with E-state index in [0.29, 0.717) is 18.7 Å². The van der Waals surface area contributed by atoms with Crippen molar-refractivity contribution >= 4 is 23.4 Å². The molecule has 21 heavy (non-hydrogen) atoms. The number of carbonyl (C=O) groups is 1. The number of aliphatic hydroxyl groups is 1. The third-order valence-corrected chi connectivity index (χ3v) is 5.15. The van der Waals surface area contributed by atoms with E-state index in [1.54, 1.807) is 11.8 Å². The molecule has 1 atom stereocenters. The number of anilines is 1. The lowest BCUT2D eigenvalue weighted by atomic mass is 10.0. The SMILES string of the molecule is O=C(NCc1cccc(N2CC=CC2)c1)C1(O)CCSC1. The first-order chi connectivity index (χ1) is 10.2. The van der Waals surface area contributed by atoms with E-state index < -0.39 is 5.60 Å². The number of benzene rings is 1. The third kappa shape index (κ3) is 3.24. The number of hydrogen-bond donors (Lipinski definition) is 2. The topological polar surface area (TPSA) is 52.6 Å². The van der Waals surface area contributed by atoms with Crippen molar-refractivity contribution in [2.45, 2.75) is 18.6 Å². The van der Waals surface area contributed by atoms with Gasteiger partial charge in [0.25, 0.3) is 5.91 Å². The maximum atomic E-state index is 12.1. The molecule has 1 saturated heterocycles. The number of nitrogens with zero attached hydrogens (tertiary/aromatic N) is 1. The lowest BCUT2D eigenvalue weighted by Gasteiger charge is -2.21. The van der Waals surface area contributed by atoms with Crippen molar-refractivity contribution in [2.24, 2.45) is 0 Å². The van der Waals surface area contributed by atoms with Crippen LogP contribution in [0.3, 0.4) is 0 Å². The van der Waals surface area contributed by atoms with E-state index >= 15 is 0 Å². The molecular weight excluding hydrogens is 284 g/mol. The molecule has 0 bridgehead atoms. The Kier molecular flexibility index (Phi) is 4.22. The monoisotopic (exact) mass is 304 g/mol. The van der Waals surface area contributed by atoms with Crippen molar-refractivity contribution in [3.05, 3.63) is 42.0 Å². The summed E-state index contributed by atoms with van der Waals surface area (Å²) < 4.78 is 0. The number of nitrogens with one attached hydrogen (secondary N) is 1.